The van der Waals surface area contributed by atoms with Crippen molar-refractivity contribution in [2.75, 3.05) is 40.9 Å². The third-order valence-electron chi connectivity index (χ3n) is 17.0. The number of allylic oxidation sites excluding steroid dienone is 4. The summed E-state index contributed by atoms with van der Waals surface area (Å²) < 4.78 is 23.9. The number of unbranched alkanes of at least 4 members (excludes halogenated alkanes) is 51. The number of nitrogens with one attached hydrogen (secondary N) is 1. The van der Waals surface area contributed by atoms with Crippen molar-refractivity contribution in [1.29, 1.82) is 0 Å². The predicted octanol–water partition coefficient (Wildman–Crippen LogP) is 23.1. The number of carbonyl (C=O) groups excluding carboxylic acids is 1. The van der Waals surface area contributed by atoms with Crippen molar-refractivity contribution in [3.05, 3.63) is 24.3 Å². The molecule has 0 aromatic heterocycles. The summed E-state index contributed by atoms with van der Waals surface area (Å²) in [7, 11) is 1.64. The molecular weight excluding hydrogens is 1020 g/mol. The molecule has 3 N–H and O–H groups in total. The molecule has 0 saturated carbocycles. The van der Waals surface area contributed by atoms with Crippen molar-refractivity contribution in [3.63, 3.8) is 0 Å². The molecule has 482 valence electrons. The number of carbonyl (C=O) groups is 1. The van der Waals surface area contributed by atoms with Gasteiger partial charge < -0.3 is 19.8 Å². The Labute approximate surface area is 506 Å². The van der Waals surface area contributed by atoms with E-state index in [1.54, 1.807) is 0 Å². The zero-order valence-electron chi connectivity index (χ0n) is 55.3. The second-order valence-electron chi connectivity index (χ2n) is 26.3. The highest BCUT2D eigenvalue weighted by molar-refractivity contribution is 7.47. The first-order valence-electron chi connectivity index (χ1n) is 36.2. The van der Waals surface area contributed by atoms with Crippen molar-refractivity contribution < 1.29 is 32.9 Å². The van der Waals surface area contributed by atoms with E-state index in [9.17, 15) is 19.4 Å². The molecule has 3 atom stereocenters. The Morgan fingerprint density at radius 1 is 0.420 bits per heavy atom. The molecule has 0 bridgehead atoms. The second kappa shape index (κ2) is 63.5. The Kier molecular flexibility index (Phi) is 62.7. The van der Waals surface area contributed by atoms with Crippen molar-refractivity contribution in [1.82, 2.24) is 5.32 Å². The molecule has 0 radical (unpaired) electrons. The number of aliphatic hydroxyl groups is 1. The van der Waals surface area contributed by atoms with E-state index in [1.165, 1.54) is 308 Å². The molecule has 0 aliphatic rings. The van der Waals surface area contributed by atoms with Crippen LogP contribution in [0.2, 0.25) is 0 Å². The van der Waals surface area contributed by atoms with Crippen molar-refractivity contribution in [2.24, 2.45) is 0 Å². The van der Waals surface area contributed by atoms with E-state index in [0.29, 0.717) is 23.9 Å². The van der Waals surface area contributed by atoms with E-state index in [-0.39, 0.29) is 19.1 Å². The molecule has 0 heterocycles. The lowest BCUT2D eigenvalue weighted by atomic mass is 10.0. The second-order valence-corrected chi connectivity index (χ2v) is 27.8. The van der Waals surface area contributed by atoms with Crippen LogP contribution in [0, 0.1) is 0 Å². The third kappa shape index (κ3) is 66.4. The van der Waals surface area contributed by atoms with E-state index in [2.05, 4.69) is 43.5 Å². The lowest BCUT2D eigenvalue weighted by Crippen LogP contribution is -2.46. The highest BCUT2D eigenvalue weighted by atomic mass is 31.2. The Hall–Kier alpha value is -1.02. The minimum atomic E-state index is -4.33. The lowest BCUT2D eigenvalue weighted by molar-refractivity contribution is -0.870. The molecule has 0 rings (SSSR count). The van der Waals surface area contributed by atoms with Crippen LogP contribution in [0.25, 0.3) is 0 Å². The molecular formula is C72H144N2O6P+. The number of rotatable bonds is 68. The fraction of sp³-hybridized carbons (Fsp3) is 0.931. The number of likely N-dealkylation sites (N-methyl/N-ethyl adjacent to an activating group) is 1. The molecule has 1 amide bonds. The average Bonchev–Trinajstić information content (AvgIpc) is 3.43. The maximum absolute atomic E-state index is 13.1. The van der Waals surface area contributed by atoms with Crippen LogP contribution >= 0.6 is 7.82 Å². The van der Waals surface area contributed by atoms with Gasteiger partial charge in [0.05, 0.1) is 39.9 Å². The molecule has 0 aromatic carbocycles. The first-order valence-corrected chi connectivity index (χ1v) is 37.7. The summed E-state index contributed by atoms with van der Waals surface area (Å²) in [5, 5.41) is 14.2. The average molecular weight is 1160 g/mol. The maximum Gasteiger partial charge on any atom is 0.472 e. The minimum absolute atomic E-state index is 0.0781. The number of quaternary nitrogens is 1. The summed E-state index contributed by atoms with van der Waals surface area (Å²) in [4.78, 5) is 23.5. The predicted molar refractivity (Wildman–Crippen MR) is 355 cm³/mol. The van der Waals surface area contributed by atoms with Crippen LogP contribution < -0.4 is 5.32 Å². The topological polar surface area (TPSA) is 105 Å². The highest BCUT2D eigenvalue weighted by Gasteiger charge is 2.28. The van der Waals surface area contributed by atoms with Gasteiger partial charge in [0.1, 0.15) is 13.2 Å². The molecule has 0 fully saturated rings. The van der Waals surface area contributed by atoms with Crippen LogP contribution in [0.5, 0.6) is 0 Å². The van der Waals surface area contributed by atoms with E-state index in [0.717, 1.165) is 44.9 Å². The number of nitrogens with zero attached hydrogens (tertiary/aromatic N) is 1. The Bertz CT molecular complexity index is 1370. The Morgan fingerprint density at radius 3 is 1.01 bits per heavy atom. The van der Waals surface area contributed by atoms with Gasteiger partial charge in [-0.2, -0.15) is 0 Å². The van der Waals surface area contributed by atoms with Crippen LogP contribution in [0.15, 0.2) is 24.3 Å². The quantitative estimate of drug-likeness (QED) is 0.0243. The van der Waals surface area contributed by atoms with E-state index >= 15 is 0 Å². The molecule has 0 spiro atoms. The van der Waals surface area contributed by atoms with Gasteiger partial charge in [-0.3, -0.25) is 13.8 Å². The standard InChI is InChI=1S/C72H143N2O6P/c1-6-8-10-12-14-16-18-20-22-24-26-28-30-31-32-33-34-35-36-37-38-39-40-41-42-43-44-46-48-50-52-54-56-58-60-62-64-66-72(76)73-70(69-80-81(77,78)79-68-67-74(3,4)5)71(75)65-63-61-59-57-55-53-51-49-47-45-29-27-25-23-21-19-17-15-13-11-9-7-2/h18,20,24,26,70-71,75H,6-17,19,21-23,25,27-69H2,1-5H3,(H-,73,76,77,78)/p+1/b20-18-,26-24-. The fourth-order valence-corrected chi connectivity index (χ4v) is 12.1. The fourth-order valence-electron chi connectivity index (χ4n) is 11.3. The van der Waals surface area contributed by atoms with Crippen molar-refractivity contribution in [2.45, 2.75) is 392 Å². The van der Waals surface area contributed by atoms with Crippen LogP contribution in [0.3, 0.4) is 0 Å². The Balaban J connectivity index is 3.92. The first kappa shape index (κ1) is 80.0. The molecule has 0 saturated heterocycles. The summed E-state index contributed by atoms with van der Waals surface area (Å²) >= 11 is 0. The van der Waals surface area contributed by atoms with Crippen LogP contribution in [-0.4, -0.2) is 73.4 Å². The van der Waals surface area contributed by atoms with Gasteiger partial charge in [0.25, 0.3) is 0 Å². The Morgan fingerprint density at radius 2 is 0.704 bits per heavy atom. The van der Waals surface area contributed by atoms with Gasteiger partial charge in [-0.05, 0) is 44.9 Å². The van der Waals surface area contributed by atoms with Crippen molar-refractivity contribution in [3.8, 4) is 0 Å². The van der Waals surface area contributed by atoms with Crippen molar-refractivity contribution >= 4 is 13.7 Å². The maximum atomic E-state index is 13.1. The van der Waals surface area contributed by atoms with Crippen LogP contribution in [-0.2, 0) is 18.4 Å². The molecule has 0 aromatic rings. The molecule has 9 heteroatoms. The zero-order valence-corrected chi connectivity index (χ0v) is 56.2. The number of hydrogen-bond donors (Lipinski definition) is 3. The molecule has 8 nitrogen and oxygen atoms in total. The number of phosphoric ester groups is 1. The van der Waals surface area contributed by atoms with Gasteiger partial charge in [0.15, 0.2) is 0 Å². The number of aliphatic hydroxyl groups excluding tert-OH is 1. The molecule has 3 unspecified atom stereocenters. The van der Waals surface area contributed by atoms with E-state index in [1.807, 2.05) is 21.1 Å². The van der Waals surface area contributed by atoms with Crippen LogP contribution in [0.1, 0.15) is 380 Å². The third-order valence-corrected chi connectivity index (χ3v) is 17.9. The van der Waals surface area contributed by atoms with Crippen LogP contribution in [0.4, 0.5) is 0 Å². The monoisotopic (exact) mass is 1160 g/mol. The van der Waals surface area contributed by atoms with Gasteiger partial charge in [0.2, 0.25) is 5.91 Å². The number of amides is 1. The SMILES string of the molecule is CCCCCCC/C=C\C/C=C\CCCCCCCCCCCCCCCCCCCCCCCCCCCC(=O)NC(COP(=O)(O)OCC[N+](C)(C)C)C(O)CCCCCCCCCCCCCCCCCCCCCCCC. The van der Waals surface area contributed by atoms with E-state index in [4.69, 9.17) is 9.05 Å². The lowest BCUT2D eigenvalue weighted by Gasteiger charge is -2.26. The first-order chi connectivity index (χ1) is 39.5. The van der Waals surface area contributed by atoms with Gasteiger partial charge in [-0.1, -0.05) is 353 Å². The molecule has 0 aliphatic heterocycles. The highest BCUT2D eigenvalue weighted by Crippen LogP contribution is 2.43. The number of phosphoric acid groups is 1. The normalized spacial score (nSPS) is 13.7. The minimum Gasteiger partial charge on any atom is -0.391 e. The summed E-state index contributed by atoms with van der Waals surface area (Å²) in [6.07, 6.45) is 82.9. The van der Waals surface area contributed by atoms with Gasteiger partial charge in [0, 0.05) is 6.42 Å². The molecule has 0 aliphatic carbocycles. The zero-order chi connectivity index (χ0) is 59.1. The van der Waals surface area contributed by atoms with Gasteiger partial charge in [-0.15, -0.1) is 0 Å². The van der Waals surface area contributed by atoms with Gasteiger partial charge in [-0.25, -0.2) is 4.57 Å². The van der Waals surface area contributed by atoms with E-state index < -0.39 is 20.0 Å². The smallest absolute Gasteiger partial charge is 0.391 e. The summed E-state index contributed by atoms with van der Waals surface area (Å²) in [5.41, 5.74) is 0. The summed E-state index contributed by atoms with van der Waals surface area (Å²) in [6.45, 7) is 4.94. The van der Waals surface area contributed by atoms with Gasteiger partial charge >= 0.3 is 7.82 Å². The summed E-state index contributed by atoms with van der Waals surface area (Å²) in [6, 6.07) is -0.759. The largest absolute Gasteiger partial charge is 0.472 e. The number of hydrogen-bond acceptors (Lipinski definition) is 5. The molecule has 81 heavy (non-hydrogen) atoms. The summed E-state index contributed by atoms with van der Waals surface area (Å²) in [5.74, 6) is -0.135.